The fourth-order valence-corrected chi connectivity index (χ4v) is 2.55. The SMILES string of the molecule is CCc1nc(-c2ccccc2C(F)(F)F)nc(Cl)c1I. The van der Waals surface area contributed by atoms with E-state index in [1.807, 2.05) is 29.5 Å². The van der Waals surface area contributed by atoms with Gasteiger partial charge in [0.2, 0.25) is 0 Å². The molecule has 1 aromatic carbocycles. The molecule has 2 nitrogen and oxygen atoms in total. The van der Waals surface area contributed by atoms with Crippen LogP contribution < -0.4 is 0 Å². The van der Waals surface area contributed by atoms with Crippen molar-refractivity contribution < 1.29 is 13.2 Å². The zero-order valence-electron chi connectivity index (χ0n) is 10.3. The molecule has 0 unspecified atom stereocenters. The Morgan fingerprint density at radius 2 is 1.85 bits per heavy atom. The Kier molecular flexibility index (Phi) is 4.53. The van der Waals surface area contributed by atoms with Crippen LogP contribution in [-0.2, 0) is 12.6 Å². The van der Waals surface area contributed by atoms with E-state index in [1.54, 1.807) is 0 Å². The van der Waals surface area contributed by atoms with Gasteiger partial charge < -0.3 is 0 Å². The molecule has 0 aliphatic rings. The van der Waals surface area contributed by atoms with E-state index in [0.717, 1.165) is 6.07 Å². The number of benzene rings is 1. The Labute approximate surface area is 132 Å². The van der Waals surface area contributed by atoms with E-state index in [-0.39, 0.29) is 16.5 Å². The summed E-state index contributed by atoms with van der Waals surface area (Å²) < 4.78 is 39.7. The molecule has 0 aliphatic heterocycles. The van der Waals surface area contributed by atoms with Gasteiger partial charge >= 0.3 is 6.18 Å². The molecule has 0 aliphatic carbocycles. The third kappa shape index (κ3) is 3.06. The lowest BCUT2D eigenvalue weighted by atomic mass is 10.1. The maximum atomic E-state index is 13.0. The first-order valence-electron chi connectivity index (χ1n) is 5.73. The highest BCUT2D eigenvalue weighted by molar-refractivity contribution is 14.1. The summed E-state index contributed by atoms with van der Waals surface area (Å²) in [5, 5.41) is 0.171. The van der Waals surface area contributed by atoms with Crippen molar-refractivity contribution in [1.29, 1.82) is 0 Å². The van der Waals surface area contributed by atoms with Crippen LogP contribution in [0.4, 0.5) is 13.2 Å². The number of hydrogen-bond donors (Lipinski definition) is 0. The van der Waals surface area contributed by atoms with Gasteiger partial charge in [0, 0.05) is 5.56 Å². The van der Waals surface area contributed by atoms with Gasteiger partial charge in [-0.3, -0.25) is 0 Å². The van der Waals surface area contributed by atoms with Crippen molar-refractivity contribution in [1.82, 2.24) is 9.97 Å². The van der Waals surface area contributed by atoms with Crippen LogP contribution in [0, 0.1) is 3.57 Å². The smallest absolute Gasteiger partial charge is 0.232 e. The highest BCUT2D eigenvalue weighted by atomic mass is 127. The number of nitrogens with zero attached hydrogens (tertiary/aromatic N) is 2. The Hall–Kier alpha value is -0.890. The Morgan fingerprint density at radius 1 is 1.20 bits per heavy atom. The topological polar surface area (TPSA) is 25.8 Å². The lowest BCUT2D eigenvalue weighted by molar-refractivity contribution is -0.137. The summed E-state index contributed by atoms with van der Waals surface area (Å²) in [5.41, 5.74) is -0.190. The summed E-state index contributed by atoms with van der Waals surface area (Å²) in [6, 6.07) is 5.21. The molecular formula is C13H9ClF3IN2. The second-order valence-electron chi connectivity index (χ2n) is 4.00. The van der Waals surface area contributed by atoms with E-state index in [2.05, 4.69) is 9.97 Å². The fraction of sp³-hybridized carbons (Fsp3) is 0.231. The molecule has 1 aromatic heterocycles. The standard InChI is InChI=1S/C13H9ClF3IN2/c1-2-9-10(18)11(14)20-12(19-9)7-5-3-4-6-8(7)13(15,16)17/h3-6H,2H2,1H3. The van der Waals surface area contributed by atoms with Crippen molar-refractivity contribution in [3.05, 3.63) is 44.2 Å². The van der Waals surface area contributed by atoms with E-state index >= 15 is 0 Å². The van der Waals surface area contributed by atoms with Crippen molar-refractivity contribution in [2.24, 2.45) is 0 Å². The molecule has 0 bridgehead atoms. The maximum absolute atomic E-state index is 13.0. The highest BCUT2D eigenvalue weighted by Crippen LogP contribution is 2.36. The lowest BCUT2D eigenvalue weighted by Gasteiger charge is -2.13. The molecule has 1 heterocycles. The summed E-state index contributed by atoms with van der Waals surface area (Å²) in [5.74, 6) is 0.000177. The second kappa shape index (κ2) is 5.85. The van der Waals surface area contributed by atoms with Crippen molar-refractivity contribution in [3.8, 4) is 11.4 Å². The molecule has 0 N–H and O–H groups in total. The summed E-state index contributed by atoms with van der Waals surface area (Å²) in [6.07, 6.45) is -3.89. The summed E-state index contributed by atoms with van der Waals surface area (Å²) >= 11 is 7.96. The van der Waals surface area contributed by atoms with Crippen LogP contribution in [-0.4, -0.2) is 9.97 Å². The number of aryl methyl sites for hydroxylation is 1. The summed E-state index contributed by atoms with van der Waals surface area (Å²) in [7, 11) is 0. The normalized spacial score (nSPS) is 11.7. The molecule has 20 heavy (non-hydrogen) atoms. The van der Waals surface area contributed by atoms with E-state index in [1.165, 1.54) is 18.2 Å². The first-order valence-corrected chi connectivity index (χ1v) is 7.18. The van der Waals surface area contributed by atoms with Gasteiger partial charge in [-0.05, 0) is 35.1 Å². The predicted molar refractivity (Wildman–Crippen MR) is 79.6 cm³/mol. The molecule has 2 rings (SSSR count). The van der Waals surface area contributed by atoms with Crippen LogP contribution in [0.5, 0.6) is 0 Å². The molecule has 7 heteroatoms. The molecule has 0 spiro atoms. The molecule has 0 amide bonds. The van der Waals surface area contributed by atoms with Gasteiger partial charge in [-0.25, -0.2) is 9.97 Å². The number of alkyl halides is 3. The van der Waals surface area contributed by atoms with E-state index in [9.17, 15) is 13.2 Å². The number of rotatable bonds is 2. The van der Waals surface area contributed by atoms with Gasteiger partial charge in [0.25, 0.3) is 0 Å². The first-order chi connectivity index (χ1) is 9.34. The number of aromatic nitrogens is 2. The van der Waals surface area contributed by atoms with Gasteiger partial charge in [0.1, 0.15) is 5.15 Å². The Morgan fingerprint density at radius 3 is 2.45 bits per heavy atom. The van der Waals surface area contributed by atoms with Crippen molar-refractivity contribution >= 4 is 34.2 Å². The molecule has 106 valence electrons. The largest absolute Gasteiger partial charge is 0.417 e. The average Bonchev–Trinajstić information content (AvgIpc) is 2.40. The van der Waals surface area contributed by atoms with Crippen LogP contribution in [0.15, 0.2) is 24.3 Å². The minimum atomic E-state index is -4.46. The zero-order chi connectivity index (χ0) is 14.9. The van der Waals surface area contributed by atoms with E-state index < -0.39 is 11.7 Å². The monoisotopic (exact) mass is 412 g/mol. The van der Waals surface area contributed by atoms with Crippen LogP contribution >= 0.6 is 34.2 Å². The Bertz CT molecular complexity index is 644. The third-order valence-electron chi connectivity index (χ3n) is 2.69. The molecule has 0 saturated carbocycles. The van der Waals surface area contributed by atoms with Crippen LogP contribution in [0.1, 0.15) is 18.2 Å². The van der Waals surface area contributed by atoms with Crippen LogP contribution in [0.25, 0.3) is 11.4 Å². The van der Waals surface area contributed by atoms with Gasteiger partial charge in [0.05, 0.1) is 14.8 Å². The highest BCUT2D eigenvalue weighted by Gasteiger charge is 2.34. The second-order valence-corrected chi connectivity index (χ2v) is 5.43. The van der Waals surface area contributed by atoms with Crippen LogP contribution in [0.2, 0.25) is 5.15 Å². The first kappa shape index (κ1) is 15.5. The molecule has 0 atom stereocenters. The summed E-state index contributed by atoms with van der Waals surface area (Å²) in [6.45, 7) is 1.86. The fourth-order valence-electron chi connectivity index (χ4n) is 1.74. The summed E-state index contributed by atoms with van der Waals surface area (Å²) in [4.78, 5) is 8.17. The molecular weight excluding hydrogens is 404 g/mol. The van der Waals surface area contributed by atoms with Crippen LogP contribution in [0.3, 0.4) is 0 Å². The van der Waals surface area contributed by atoms with Gasteiger partial charge in [0.15, 0.2) is 5.82 Å². The molecule has 0 fully saturated rings. The minimum Gasteiger partial charge on any atom is -0.232 e. The minimum absolute atomic E-state index is 0.000177. The quantitative estimate of drug-likeness (QED) is 0.513. The molecule has 0 radical (unpaired) electrons. The maximum Gasteiger partial charge on any atom is 0.417 e. The van der Waals surface area contributed by atoms with E-state index in [4.69, 9.17) is 11.6 Å². The van der Waals surface area contributed by atoms with Gasteiger partial charge in [-0.15, -0.1) is 0 Å². The van der Waals surface area contributed by atoms with E-state index in [0.29, 0.717) is 15.7 Å². The van der Waals surface area contributed by atoms with Crippen molar-refractivity contribution in [2.75, 3.05) is 0 Å². The van der Waals surface area contributed by atoms with Gasteiger partial charge in [-0.2, -0.15) is 13.2 Å². The van der Waals surface area contributed by atoms with Gasteiger partial charge in [-0.1, -0.05) is 36.7 Å². The average molecular weight is 413 g/mol. The van der Waals surface area contributed by atoms with Crippen molar-refractivity contribution in [2.45, 2.75) is 19.5 Å². The number of halogens is 5. The van der Waals surface area contributed by atoms with Crippen molar-refractivity contribution in [3.63, 3.8) is 0 Å². The lowest BCUT2D eigenvalue weighted by Crippen LogP contribution is -2.09. The zero-order valence-corrected chi connectivity index (χ0v) is 13.2. The number of hydrogen-bond acceptors (Lipinski definition) is 2. The Balaban J connectivity index is 2.67. The molecule has 0 saturated heterocycles. The predicted octanol–water partition coefficient (Wildman–Crippen LogP) is 4.98. The molecule has 2 aromatic rings. The third-order valence-corrected chi connectivity index (χ3v) is 4.41.